The summed E-state index contributed by atoms with van der Waals surface area (Å²) in [6.45, 7) is 8.04. The third kappa shape index (κ3) is 4.24. The molecule has 4 heterocycles. The van der Waals surface area contributed by atoms with E-state index in [9.17, 15) is 9.90 Å². The molecule has 0 spiro atoms. The Kier molecular flexibility index (Phi) is 6.47. The van der Waals surface area contributed by atoms with Crippen molar-refractivity contribution in [2.75, 3.05) is 31.9 Å². The number of nitrogen functional groups attached to an aromatic ring is 1. The number of amides is 1. The zero-order valence-electron chi connectivity index (χ0n) is 20.4. The molecule has 2 aliphatic heterocycles. The van der Waals surface area contributed by atoms with E-state index in [1.54, 1.807) is 4.90 Å². The van der Waals surface area contributed by atoms with Crippen LogP contribution in [0.1, 0.15) is 17.7 Å². The predicted molar refractivity (Wildman–Crippen MR) is 141 cm³/mol. The van der Waals surface area contributed by atoms with Crippen LogP contribution in [0.5, 0.6) is 0 Å². The molecular formula is C27H29ClN6O2. The first kappa shape index (κ1) is 24.3. The zero-order chi connectivity index (χ0) is 25.6. The van der Waals surface area contributed by atoms with Crippen molar-refractivity contribution in [3.63, 3.8) is 0 Å². The van der Waals surface area contributed by atoms with E-state index in [1.807, 2.05) is 36.7 Å². The van der Waals surface area contributed by atoms with Gasteiger partial charge in [-0.15, -0.1) is 0 Å². The molecule has 3 N–H and O–H groups in total. The Morgan fingerprint density at radius 2 is 2.08 bits per heavy atom. The summed E-state index contributed by atoms with van der Waals surface area (Å²) in [5, 5.41) is 12.1. The number of hydrogen-bond donors (Lipinski definition) is 2. The van der Waals surface area contributed by atoms with Gasteiger partial charge in [-0.05, 0) is 48.6 Å². The van der Waals surface area contributed by atoms with Crippen LogP contribution < -0.4 is 5.73 Å². The molecule has 186 valence electrons. The Morgan fingerprint density at radius 3 is 2.78 bits per heavy atom. The van der Waals surface area contributed by atoms with Crippen molar-refractivity contribution in [1.29, 1.82) is 0 Å². The molecule has 2 aliphatic rings. The molecular weight excluding hydrogens is 476 g/mol. The minimum absolute atomic E-state index is 0.0391. The van der Waals surface area contributed by atoms with Crippen molar-refractivity contribution in [2.24, 2.45) is 13.0 Å². The number of carbonyl (C=O) groups excluding carboxylic acids is 1. The Hall–Kier alpha value is -3.38. The molecule has 2 fully saturated rings. The molecule has 1 aromatic carbocycles. The molecule has 2 saturated heterocycles. The van der Waals surface area contributed by atoms with Crippen LogP contribution in [0, 0.1) is 24.7 Å². The third-order valence-electron chi connectivity index (χ3n) is 7.25. The van der Waals surface area contributed by atoms with Gasteiger partial charge in [-0.3, -0.25) is 9.69 Å². The van der Waals surface area contributed by atoms with E-state index in [1.165, 1.54) is 12.4 Å². The molecule has 2 atom stereocenters. The second-order valence-corrected chi connectivity index (χ2v) is 9.94. The number of nitrogens with two attached hydrogens (primary N) is 1. The minimum Gasteiger partial charge on any atom is -0.390 e. The molecule has 0 saturated carbocycles. The lowest BCUT2D eigenvalue weighted by Gasteiger charge is -2.47. The van der Waals surface area contributed by atoms with Gasteiger partial charge in [0.2, 0.25) is 5.91 Å². The second-order valence-electron chi connectivity index (χ2n) is 9.54. The summed E-state index contributed by atoms with van der Waals surface area (Å²) in [6, 6.07) is 5.92. The van der Waals surface area contributed by atoms with Crippen LogP contribution in [0.15, 0.2) is 37.2 Å². The highest BCUT2D eigenvalue weighted by Crippen LogP contribution is 2.37. The molecule has 3 aromatic rings. The largest absolute Gasteiger partial charge is 0.390 e. The Morgan fingerprint density at radius 1 is 1.31 bits per heavy atom. The molecule has 0 radical (unpaired) electrons. The molecule has 2 aromatic heterocycles. The molecule has 8 nitrogen and oxygen atoms in total. The van der Waals surface area contributed by atoms with Crippen LogP contribution in [0.3, 0.4) is 0 Å². The third-order valence-corrected chi connectivity index (χ3v) is 7.67. The van der Waals surface area contributed by atoms with Crippen molar-refractivity contribution in [3.05, 3.63) is 53.5 Å². The van der Waals surface area contributed by atoms with Crippen LogP contribution >= 0.6 is 11.6 Å². The number of piperidine rings is 1. The topological polar surface area (TPSA) is 101 Å². The van der Waals surface area contributed by atoms with Crippen LogP contribution in [-0.4, -0.2) is 73.7 Å². The van der Waals surface area contributed by atoms with Crippen molar-refractivity contribution in [1.82, 2.24) is 24.3 Å². The second kappa shape index (κ2) is 9.58. The Bertz CT molecular complexity index is 1420. The van der Waals surface area contributed by atoms with Crippen LogP contribution in [0.25, 0.3) is 22.2 Å². The quantitative estimate of drug-likeness (QED) is 0.420. The maximum atomic E-state index is 11.9. The molecule has 0 aliphatic carbocycles. The summed E-state index contributed by atoms with van der Waals surface area (Å²) in [7, 11) is 1.94. The fourth-order valence-corrected chi connectivity index (χ4v) is 5.34. The van der Waals surface area contributed by atoms with E-state index >= 15 is 0 Å². The maximum absolute atomic E-state index is 11.9. The van der Waals surface area contributed by atoms with Gasteiger partial charge in [0.05, 0.1) is 11.5 Å². The van der Waals surface area contributed by atoms with E-state index in [2.05, 4.69) is 33.3 Å². The van der Waals surface area contributed by atoms with Gasteiger partial charge >= 0.3 is 0 Å². The number of aliphatic hydroxyl groups excluding tert-OH is 1. The average Bonchev–Trinajstić information content (AvgIpc) is 3.13. The first-order chi connectivity index (χ1) is 17.3. The van der Waals surface area contributed by atoms with Gasteiger partial charge in [-0.25, -0.2) is 9.97 Å². The van der Waals surface area contributed by atoms with E-state index < -0.39 is 6.10 Å². The SMILES string of the molecule is C=CC(=O)N1CC[C@@H](N2CC(C#Cc3c(-c4ccc(Cl)c(C)c4)c4c(N)ncnc4n3C)C2)[C@@H](O)C1. The molecule has 1 amide bonds. The van der Waals surface area contributed by atoms with E-state index in [0.717, 1.165) is 52.9 Å². The lowest BCUT2D eigenvalue weighted by molar-refractivity contribution is -0.132. The van der Waals surface area contributed by atoms with Gasteiger partial charge in [0.25, 0.3) is 0 Å². The summed E-state index contributed by atoms with van der Waals surface area (Å²) >= 11 is 6.28. The normalized spacial score (nSPS) is 20.6. The van der Waals surface area contributed by atoms with Gasteiger partial charge in [-0.2, -0.15) is 0 Å². The number of aryl methyl sites for hydroxylation is 2. The highest BCUT2D eigenvalue weighted by Gasteiger charge is 2.38. The van der Waals surface area contributed by atoms with E-state index in [0.29, 0.717) is 23.9 Å². The molecule has 0 bridgehead atoms. The number of hydrogen-bond acceptors (Lipinski definition) is 6. The number of halogens is 1. The maximum Gasteiger partial charge on any atom is 0.246 e. The van der Waals surface area contributed by atoms with Gasteiger partial charge in [0.1, 0.15) is 23.5 Å². The first-order valence-electron chi connectivity index (χ1n) is 12.0. The highest BCUT2D eigenvalue weighted by molar-refractivity contribution is 6.31. The van der Waals surface area contributed by atoms with Gasteiger partial charge in [-0.1, -0.05) is 30.2 Å². The van der Waals surface area contributed by atoms with E-state index in [4.69, 9.17) is 17.3 Å². The summed E-state index contributed by atoms with van der Waals surface area (Å²) in [5.74, 6) is 7.29. The summed E-state index contributed by atoms with van der Waals surface area (Å²) in [5.41, 5.74) is 10.7. The van der Waals surface area contributed by atoms with Gasteiger partial charge < -0.3 is 20.3 Å². The van der Waals surface area contributed by atoms with Crippen molar-refractivity contribution in [2.45, 2.75) is 25.5 Å². The van der Waals surface area contributed by atoms with Crippen molar-refractivity contribution >= 4 is 34.4 Å². The fourth-order valence-electron chi connectivity index (χ4n) is 5.22. The van der Waals surface area contributed by atoms with Crippen LogP contribution in [0.2, 0.25) is 5.02 Å². The number of benzene rings is 1. The van der Waals surface area contributed by atoms with Crippen molar-refractivity contribution in [3.8, 4) is 23.0 Å². The zero-order valence-corrected chi connectivity index (χ0v) is 21.2. The number of aromatic nitrogens is 3. The fraction of sp³-hybridized carbons (Fsp3) is 0.370. The summed E-state index contributed by atoms with van der Waals surface area (Å²) in [4.78, 5) is 24.5. The summed E-state index contributed by atoms with van der Waals surface area (Å²) < 4.78 is 1.96. The highest BCUT2D eigenvalue weighted by atomic mass is 35.5. The number of aliphatic hydroxyl groups is 1. The minimum atomic E-state index is -0.573. The van der Waals surface area contributed by atoms with Crippen LogP contribution in [0.4, 0.5) is 5.82 Å². The number of nitrogens with zero attached hydrogens (tertiary/aromatic N) is 5. The predicted octanol–water partition coefficient (Wildman–Crippen LogP) is 2.61. The smallest absolute Gasteiger partial charge is 0.246 e. The van der Waals surface area contributed by atoms with Gasteiger partial charge in [0, 0.05) is 55.8 Å². The van der Waals surface area contributed by atoms with Crippen LogP contribution in [-0.2, 0) is 11.8 Å². The number of likely N-dealkylation sites (tertiary alicyclic amines) is 2. The van der Waals surface area contributed by atoms with Gasteiger partial charge in [0.15, 0.2) is 0 Å². The number of fused-ring (bicyclic) bond motifs is 1. The van der Waals surface area contributed by atoms with E-state index in [-0.39, 0.29) is 17.9 Å². The lowest BCUT2D eigenvalue weighted by atomic mass is 9.91. The number of β-amino-alcohol motifs (C(OH)–C–C–N with tert-alkyl or cyclic N) is 1. The molecule has 5 rings (SSSR count). The Labute approximate surface area is 215 Å². The molecule has 0 unspecified atom stereocenters. The Balaban J connectivity index is 1.39. The molecule has 36 heavy (non-hydrogen) atoms. The average molecular weight is 505 g/mol. The first-order valence-corrected chi connectivity index (χ1v) is 12.4. The number of anilines is 1. The monoisotopic (exact) mass is 504 g/mol. The lowest BCUT2D eigenvalue weighted by Crippen LogP contribution is -2.61. The molecule has 9 heteroatoms. The summed E-state index contributed by atoms with van der Waals surface area (Å²) in [6.07, 6.45) is 2.93. The number of carbonyl (C=O) groups is 1. The van der Waals surface area contributed by atoms with Crippen molar-refractivity contribution < 1.29 is 9.90 Å². The number of rotatable bonds is 3. The standard InChI is InChI=1S/C27H29ClN6O2/c1-4-23(36)33-10-9-20(22(35)14-33)34-12-17(13-34)5-8-21-24(18-6-7-19(28)16(2)11-18)25-26(29)30-15-31-27(25)32(21)3/h4,6-7,11,15,17,20,22,35H,1,9-10,12-14H2,2-3H3,(H2,29,30,31)/t20-,22+/m1/s1.